The number of halogens is 1. The SMILES string of the molecule is Cl.O=C(NC1C2CC3CC(C2)CC1C3)c1cnn(CCNC(=O)C2CCNCC2)c1OCC1CCCCC1. The van der Waals surface area contributed by atoms with Crippen molar-refractivity contribution in [2.45, 2.75) is 89.6 Å². The number of ether oxygens (including phenoxy) is 1. The summed E-state index contributed by atoms with van der Waals surface area (Å²) in [7, 11) is 0. The van der Waals surface area contributed by atoms with E-state index in [1.165, 1.54) is 64.2 Å². The van der Waals surface area contributed by atoms with Crippen molar-refractivity contribution in [2.24, 2.45) is 35.5 Å². The van der Waals surface area contributed by atoms with E-state index >= 15 is 0 Å². The van der Waals surface area contributed by atoms with Crippen molar-refractivity contribution in [3.63, 3.8) is 0 Å². The number of carbonyl (C=O) groups is 2. The molecule has 4 bridgehead atoms. The molecule has 9 heteroatoms. The Balaban J connectivity index is 0.00000294. The van der Waals surface area contributed by atoms with Gasteiger partial charge in [-0.2, -0.15) is 5.10 Å². The standard InChI is InChI=1S/C29H45N5O3.ClH/c35-27(22-6-8-30-9-7-22)31-10-11-34-29(37-18-19-4-2-1-3-5-19)25(17-32-34)28(36)33-26-23-13-20-12-21(15-23)16-24(26)14-20;/h17,19-24,26,30H,1-16,18H2,(H,31,35)(H,33,36);1H. The van der Waals surface area contributed by atoms with Gasteiger partial charge >= 0.3 is 0 Å². The molecule has 7 rings (SSSR count). The van der Waals surface area contributed by atoms with Gasteiger partial charge in [0.2, 0.25) is 11.8 Å². The Labute approximate surface area is 233 Å². The van der Waals surface area contributed by atoms with Crippen LogP contribution in [-0.4, -0.2) is 53.9 Å². The van der Waals surface area contributed by atoms with Gasteiger partial charge in [-0.1, -0.05) is 19.3 Å². The first-order valence-electron chi connectivity index (χ1n) is 15.1. The molecule has 0 aromatic carbocycles. The van der Waals surface area contributed by atoms with Gasteiger partial charge in [0.15, 0.2) is 0 Å². The zero-order valence-corrected chi connectivity index (χ0v) is 23.5. The molecule has 2 amide bonds. The first-order valence-corrected chi connectivity index (χ1v) is 15.1. The molecule has 38 heavy (non-hydrogen) atoms. The van der Waals surface area contributed by atoms with Crippen LogP contribution in [0.15, 0.2) is 6.20 Å². The second-order valence-electron chi connectivity index (χ2n) is 12.6. The summed E-state index contributed by atoms with van der Waals surface area (Å²) in [4.78, 5) is 26.2. The molecule has 8 nitrogen and oxygen atoms in total. The Morgan fingerprint density at radius 1 is 0.974 bits per heavy atom. The maximum absolute atomic E-state index is 13.6. The molecule has 2 heterocycles. The lowest BCUT2D eigenvalue weighted by atomic mass is 9.54. The topological polar surface area (TPSA) is 97.3 Å². The van der Waals surface area contributed by atoms with Crippen molar-refractivity contribution in [2.75, 3.05) is 26.2 Å². The average Bonchev–Trinajstić information content (AvgIpc) is 3.33. The average molecular weight is 548 g/mol. The number of nitrogens with zero attached hydrogens (tertiary/aromatic N) is 2. The number of amides is 2. The molecular weight excluding hydrogens is 502 g/mol. The van der Waals surface area contributed by atoms with Crippen LogP contribution >= 0.6 is 12.4 Å². The van der Waals surface area contributed by atoms with Gasteiger partial charge in [-0.3, -0.25) is 9.59 Å². The van der Waals surface area contributed by atoms with E-state index in [1.54, 1.807) is 10.9 Å². The fourth-order valence-electron chi connectivity index (χ4n) is 8.30. The summed E-state index contributed by atoms with van der Waals surface area (Å²) in [5.41, 5.74) is 0.550. The van der Waals surface area contributed by atoms with Gasteiger partial charge in [0.05, 0.1) is 19.3 Å². The Hall–Kier alpha value is -1.80. The monoisotopic (exact) mass is 547 g/mol. The van der Waals surface area contributed by atoms with Crippen LogP contribution in [0.3, 0.4) is 0 Å². The minimum absolute atomic E-state index is 0. The quantitative estimate of drug-likeness (QED) is 0.435. The molecule has 1 aromatic heterocycles. The highest BCUT2D eigenvalue weighted by Crippen LogP contribution is 2.53. The molecule has 5 saturated carbocycles. The van der Waals surface area contributed by atoms with E-state index < -0.39 is 0 Å². The Morgan fingerprint density at radius 2 is 1.66 bits per heavy atom. The molecule has 1 aliphatic heterocycles. The van der Waals surface area contributed by atoms with Gasteiger partial charge < -0.3 is 20.7 Å². The van der Waals surface area contributed by atoms with Crippen LogP contribution < -0.4 is 20.7 Å². The number of carbonyl (C=O) groups excluding carboxylic acids is 2. The molecule has 0 unspecified atom stereocenters. The van der Waals surface area contributed by atoms with Crippen LogP contribution in [0.1, 0.15) is 87.4 Å². The van der Waals surface area contributed by atoms with E-state index in [0.29, 0.717) is 54.9 Å². The van der Waals surface area contributed by atoms with E-state index in [-0.39, 0.29) is 30.1 Å². The number of hydrogen-bond acceptors (Lipinski definition) is 5. The van der Waals surface area contributed by atoms with E-state index in [1.807, 2.05) is 0 Å². The Kier molecular flexibility index (Phi) is 9.19. The second-order valence-corrected chi connectivity index (χ2v) is 12.6. The van der Waals surface area contributed by atoms with Crippen LogP contribution in [-0.2, 0) is 11.3 Å². The highest BCUT2D eigenvalue weighted by atomic mass is 35.5. The fraction of sp³-hybridized carbons (Fsp3) is 0.828. The maximum Gasteiger partial charge on any atom is 0.258 e. The van der Waals surface area contributed by atoms with Gasteiger partial charge in [0, 0.05) is 18.5 Å². The summed E-state index contributed by atoms with van der Waals surface area (Å²) in [6.45, 7) is 3.42. The number of nitrogens with one attached hydrogen (secondary N) is 3. The third-order valence-corrected chi connectivity index (χ3v) is 10.1. The minimum atomic E-state index is -0.0406. The van der Waals surface area contributed by atoms with Gasteiger partial charge in [0.25, 0.3) is 5.91 Å². The van der Waals surface area contributed by atoms with Crippen molar-refractivity contribution in [3.8, 4) is 5.88 Å². The van der Waals surface area contributed by atoms with Crippen LogP contribution in [0.4, 0.5) is 0 Å². The zero-order valence-electron chi connectivity index (χ0n) is 22.7. The Bertz CT molecular complexity index is 928. The summed E-state index contributed by atoms with van der Waals surface area (Å²) in [6, 6.07) is 0.291. The predicted molar refractivity (Wildman–Crippen MR) is 148 cm³/mol. The van der Waals surface area contributed by atoms with Crippen molar-refractivity contribution < 1.29 is 14.3 Å². The van der Waals surface area contributed by atoms with Crippen LogP contribution in [0.5, 0.6) is 5.88 Å². The third-order valence-electron chi connectivity index (χ3n) is 10.1. The first-order chi connectivity index (χ1) is 18.1. The minimum Gasteiger partial charge on any atom is -0.477 e. The highest BCUT2D eigenvalue weighted by molar-refractivity contribution is 5.96. The van der Waals surface area contributed by atoms with E-state index in [4.69, 9.17) is 4.74 Å². The molecule has 0 radical (unpaired) electrons. The molecule has 0 spiro atoms. The third kappa shape index (κ3) is 6.16. The molecule has 6 aliphatic rings. The van der Waals surface area contributed by atoms with Gasteiger partial charge in [-0.05, 0) is 100 Å². The highest BCUT2D eigenvalue weighted by Gasteiger charge is 2.48. The summed E-state index contributed by atoms with van der Waals surface area (Å²) >= 11 is 0. The molecule has 0 atom stereocenters. The van der Waals surface area contributed by atoms with Crippen LogP contribution in [0, 0.1) is 35.5 Å². The summed E-state index contributed by atoms with van der Waals surface area (Å²) in [6.07, 6.45) is 16.2. The van der Waals surface area contributed by atoms with E-state index in [9.17, 15) is 9.59 Å². The second kappa shape index (κ2) is 12.6. The van der Waals surface area contributed by atoms with Gasteiger partial charge in [-0.15, -0.1) is 12.4 Å². The lowest BCUT2D eigenvalue weighted by molar-refractivity contribution is -0.125. The Morgan fingerprint density at radius 3 is 2.34 bits per heavy atom. The number of piperidine rings is 1. The van der Waals surface area contributed by atoms with Gasteiger partial charge in [0.1, 0.15) is 5.56 Å². The smallest absolute Gasteiger partial charge is 0.258 e. The van der Waals surface area contributed by atoms with E-state index in [0.717, 1.165) is 37.8 Å². The predicted octanol–water partition coefficient (Wildman–Crippen LogP) is 3.93. The van der Waals surface area contributed by atoms with Crippen LogP contribution in [0.2, 0.25) is 0 Å². The lowest BCUT2D eigenvalue weighted by Crippen LogP contribution is -2.55. The number of rotatable bonds is 9. The molecule has 212 valence electrons. The fourth-order valence-corrected chi connectivity index (χ4v) is 8.30. The molecule has 5 aliphatic carbocycles. The maximum atomic E-state index is 13.6. The summed E-state index contributed by atoms with van der Waals surface area (Å²) < 4.78 is 8.16. The number of aromatic nitrogens is 2. The zero-order chi connectivity index (χ0) is 25.2. The van der Waals surface area contributed by atoms with Crippen molar-refractivity contribution in [1.29, 1.82) is 0 Å². The lowest BCUT2D eigenvalue weighted by Gasteiger charge is -2.54. The molecule has 6 fully saturated rings. The largest absolute Gasteiger partial charge is 0.477 e. The van der Waals surface area contributed by atoms with Crippen molar-refractivity contribution in [3.05, 3.63) is 11.8 Å². The van der Waals surface area contributed by atoms with Crippen molar-refractivity contribution in [1.82, 2.24) is 25.7 Å². The summed E-state index contributed by atoms with van der Waals surface area (Å²) in [5, 5.41) is 14.4. The molecule has 1 saturated heterocycles. The van der Waals surface area contributed by atoms with Crippen LogP contribution in [0.25, 0.3) is 0 Å². The molecule has 3 N–H and O–H groups in total. The normalized spacial score (nSPS) is 31.0. The molecular formula is C29H46ClN5O3. The summed E-state index contributed by atoms with van der Waals surface area (Å²) in [5.74, 6) is 4.31. The number of hydrogen-bond donors (Lipinski definition) is 3. The first kappa shape index (κ1) is 27.8. The van der Waals surface area contributed by atoms with Crippen molar-refractivity contribution >= 4 is 24.2 Å². The van der Waals surface area contributed by atoms with E-state index in [2.05, 4.69) is 21.0 Å². The molecule has 1 aromatic rings. The van der Waals surface area contributed by atoms with Gasteiger partial charge in [-0.25, -0.2) is 4.68 Å².